The second-order valence-electron chi connectivity index (χ2n) is 1.06. The van der Waals surface area contributed by atoms with Crippen LogP contribution in [0.4, 0.5) is 0 Å². The van der Waals surface area contributed by atoms with Crippen molar-refractivity contribution in [2.24, 2.45) is 0 Å². The lowest BCUT2D eigenvalue weighted by atomic mass is 10.8. The highest BCUT2D eigenvalue weighted by atomic mass is 31.1. The van der Waals surface area contributed by atoms with Crippen LogP contribution in [0.1, 0.15) is 0 Å². The zero-order valence-corrected chi connectivity index (χ0v) is 5.43. The summed E-state index contributed by atoms with van der Waals surface area (Å²) in [6, 6.07) is 0. The van der Waals surface area contributed by atoms with Crippen molar-refractivity contribution in [2.45, 2.75) is 0 Å². The molecular formula is C3H8O4P+. The van der Waals surface area contributed by atoms with Gasteiger partial charge in [-0.3, -0.25) is 0 Å². The summed E-state index contributed by atoms with van der Waals surface area (Å²) in [5, 5.41) is 0. The summed E-state index contributed by atoms with van der Waals surface area (Å²) < 4.78 is 18.5. The van der Waals surface area contributed by atoms with Crippen LogP contribution in [0.2, 0.25) is 0 Å². The highest BCUT2D eigenvalue weighted by Gasteiger charge is 2.09. The topological polar surface area (TPSA) is 55.8 Å². The third kappa shape index (κ3) is 5.98. The van der Waals surface area contributed by atoms with Crippen LogP contribution in [-0.2, 0) is 13.8 Å². The number of rotatable bonds is 4. The highest BCUT2D eigenvalue weighted by Crippen LogP contribution is 2.12. The summed E-state index contributed by atoms with van der Waals surface area (Å²) >= 11 is 0. The summed E-state index contributed by atoms with van der Waals surface area (Å²) in [4.78, 5) is 8.01. The van der Waals surface area contributed by atoms with Crippen molar-refractivity contribution in [3.8, 4) is 0 Å². The molecule has 0 saturated carbocycles. The van der Waals surface area contributed by atoms with Gasteiger partial charge in [-0.2, -0.15) is 0 Å². The molecule has 0 aliphatic rings. The van der Waals surface area contributed by atoms with Crippen LogP contribution in [0.3, 0.4) is 0 Å². The third-order valence-electron chi connectivity index (χ3n) is 0.489. The van der Waals surface area contributed by atoms with E-state index in [-0.39, 0.29) is 6.61 Å². The largest absolute Gasteiger partial charge is 0.694 e. The molecule has 1 unspecified atom stereocenters. The molecule has 4 nitrogen and oxygen atoms in total. The van der Waals surface area contributed by atoms with Gasteiger partial charge < -0.3 is 4.74 Å². The van der Waals surface area contributed by atoms with Gasteiger partial charge in [-0.15, -0.1) is 9.42 Å². The molecule has 0 radical (unpaired) electrons. The van der Waals surface area contributed by atoms with E-state index in [1.807, 2.05) is 0 Å². The Morgan fingerprint density at radius 2 is 2.25 bits per heavy atom. The summed E-state index contributed by atoms with van der Waals surface area (Å²) in [6.07, 6.45) is 0. The fourth-order valence-corrected chi connectivity index (χ4v) is 0.429. The number of hydrogen-bond acceptors (Lipinski definition) is 3. The predicted octanol–water partition coefficient (Wildman–Crippen LogP) is 0.299. The van der Waals surface area contributed by atoms with E-state index in [0.29, 0.717) is 6.61 Å². The summed E-state index contributed by atoms with van der Waals surface area (Å²) in [7, 11) is -0.948. The van der Waals surface area contributed by atoms with E-state index >= 15 is 0 Å². The predicted molar refractivity (Wildman–Crippen MR) is 27.7 cm³/mol. The van der Waals surface area contributed by atoms with E-state index in [0.717, 1.165) is 0 Å². The Bertz CT molecular complexity index is 73.7. The van der Waals surface area contributed by atoms with E-state index in [1.165, 1.54) is 7.11 Å². The van der Waals surface area contributed by atoms with Gasteiger partial charge in [0.1, 0.15) is 6.61 Å². The van der Waals surface area contributed by atoms with Gasteiger partial charge in [0.2, 0.25) is 0 Å². The lowest BCUT2D eigenvalue weighted by molar-refractivity contribution is 0.143. The fourth-order valence-electron chi connectivity index (χ4n) is 0.199. The van der Waals surface area contributed by atoms with E-state index in [9.17, 15) is 4.57 Å². The lowest BCUT2D eigenvalue weighted by Gasteiger charge is -1.86. The SMILES string of the molecule is COCCO[P+](=O)O. The first kappa shape index (κ1) is 7.98. The maximum absolute atomic E-state index is 9.74. The van der Waals surface area contributed by atoms with Gasteiger partial charge in [-0.05, 0) is 0 Å². The van der Waals surface area contributed by atoms with E-state index < -0.39 is 8.25 Å². The normalized spacial score (nSPS) is 11.5. The van der Waals surface area contributed by atoms with Crippen molar-refractivity contribution >= 4 is 8.25 Å². The maximum Gasteiger partial charge on any atom is 0.694 e. The summed E-state index contributed by atoms with van der Waals surface area (Å²) in [5.41, 5.74) is 0. The Balaban J connectivity index is 2.82. The molecule has 0 rings (SSSR count). The first-order valence-corrected chi connectivity index (χ1v) is 3.18. The molecule has 0 aliphatic carbocycles. The molecule has 0 heterocycles. The summed E-state index contributed by atoms with van der Waals surface area (Å²) in [6.45, 7) is 0.518. The van der Waals surface area contributed by atoms with Crippen molar-refractivity contribution in [3.05, 3.63) is 0 Å². The van der Waals surface area contributed by atoms with Gasteiger partial charge in [-0.1, -0.05) is 0 Å². The molecule has 0 aromatic rings. The van der Waals surface area contributed by atoms with Crippen molar-refractivity contribution in [1.82, 2.24) is 0 Å². The molecule has 0 saturated heterocycles. The molecule has 1 N–H and O–H groups in total. The minimum absolute atomic E-state index is 0.169. The first-order valence-electron chi connectivity index (χ1n) is 2.05. The molecule has 48 valence electrons. The number of ether oxygens (including phenoxy) is 1. The molecule has 8 heavy (non-hydrogen) atoms. The molecule has 1 atom stereocenters. The molecule has 0 aliphatic heterocycles. The smallest absolute Gasteiger partial charge is 0.382 e. The Morgan fingerprint density at radius 1 is 1.62 bits per heavy atom. The number of methoxy groups -OCH3 is 1. The molecule has 5 heteroatoms. The molecule has 0 bridgehead atoms. The molecule has 0 aromatic carbocycles. The zero-order chi connectivity index (χ0) is 6.41. The van der Waals surface area contributed by atoms with Gasteiger partial charge in [0.25, 0.3) is 0 Å². The Hall–Kier alpha value is -0.0200. The highest BCUT2D eigenvalue weighted by molar-refractivity contribution is 7.32. The molecule has 0 amide bonds. The minimum atomic E-state index is -2.44. The van der Waals surface area contributed by atoms with Crippen molar-refractivity contribution in [1.29, 1.82) is 0 Å². The van der Waals surface area contributed by atoms with Gasteiger partial charge in [0.15, 0.2) is 0 Å². The van der Waals surface area contributed by atoms with E-state index in [4.69, 9.17) is 4.89 Å². The minimum Gasteiger partial charge on any atom is -0.382 e. The summed E-state index contributed by atoms with van der Waals surface area (Å²) in [5.74, 6) is 0. The first-order chi connectivity index (χ1) is 3.77. The molecular weight excluding hydrogens is 131 g/mol. The van der Waals surface area contributed by atoms with Crippen LogP contribution in [0.15, 0.2) is 0 Å². The molecule has 0 aromatic heterocycles. The van der Waals surface area contributed by atoms with Crippen LogP contribution in [0.5, 0.6) is 0 Å². The van der Waals surface area contributed by atoms with Gasteiger partial charge in [-0.25, -0.2) is 0 Å². The van der Waals surface area contributed by atoms with Gasteiger partial charge in [0.05, 0.1) is 6.61 Å². The van der Waals surface area contributed by atoms with Crippen molar-refractivity contribution in [3.63, 3.8) is 0 Å². The Morgan fingerprint density at radius 3 is 2.62 bits per heavy atom. The molecule has 0 fully saturated rings. The van der Waals surface area contributed by atoms with Gasteiger partial charge in [0, 0.05) is 11.7 Å². The second kappa shape index (κ2) is 5.12. The number of hydrogen-bond donors (Lipinski definition) is 1. The third-order valence-corrected chi connectivity index (χ3v) is 0.893. The standard InChI is InChI=1S/C3H7O4P/c1-6-2-3-7-8(4)5/h2-3H2,1H3/p+1. The second-order valence-corrected chi connectivity index (χ2v) is 1.80. The Kier molecular flexibility index (Phi) is 5.11. The van der Waals surface area contributed by atoms with Crippen LogP contribution >= 0.6 is 8.25 Å². The fraction of sp³-hybridized carbons (Fsp3) is 1.00. The maximum atomic E-state index is 9.74. The average Bonchev–Trinajstić information content (AvgIpc) is 1.66. The van der Waals surface area contributed by atoms with Crippen LogP contribution in [0, 0.1) is 0 Å². The van der Waals surface area contributed by atoms with E-state index in [1.54, 1.807) is 0 Å². The molecule has 0 spiro atoms. The Labute approximate surface area is 48.4 Å². The zero-order valence-electron chi connectivity index (χ0n) is 4.53. The van der Waals surface area contributed by atoms with Crippen molar-refractivity contribution < 1.29 is 18.7 Å². The monoisotopic (exact) mass is 139 g/mol. The van der Waals surface area contributed by atoms with Crippen molar-refractivity contribution in [2.75, 3.05) is 20.3 Å². The van der Waals surface area contributed by atoms with Crippen LogP contribution in [0.25, 0.3) is 0 Å². The van der Waals surface area contributed by atoms with Gasteiger partial charge >= 0.3 is 8.25 Å². The lowest BCUT2D eigenvalue weighted by Crippen LogP contribution is -1.95. The van der Waals surface area contributed by atoms with Crippen LogP contribution in [-0.4, -0.2) is 25.2 Å². The van der Waals surface area contributed by atoms with E-state index in [2.05, 4.69) is 9.26 Å². The average molecular weight is 139 g/mol. The van der Waals surface area contributed by atoms with Crippen LogP contribution < -0.4 is 0 Å². The quantitative estimate of drug-likeness (QED) is 0.449.